The first-order valence-electron chi connectivity index (χ1n) is 12.3. The summed E-state index contributed by atoms with van der Waals surface area (Å²) in [6.07, 6.45) is 1.49. The van der Waals surface area contributed by atoms with Crippen molar-refractivity contribution in [1.29, 1.82) is 0 Å². The molecule has 2 aliphatic rings. The average molecular weight is 557 g/mol. The number of hydrogen-bond acceptors (Lipinski definition) is 9. The van der Waals surface area contributed by atoms with Crippen LogP contribution in [0, 0.1) is 0 Å². The zero-order chi connectivity index (χ0) is 26.9. The van der Waals surface area contributed by atoms with E-state index >= 15 is 0 Å². The Morgan fingerprint density at radius 3 is 2.44 bits per heavy atom. The van der Waals surface area contributed by atoms with Crippen molar-refractivity contribution in [1.82, 2.24) is 20.2 Å². The van der Waals surface area contributed by atoms with E-state index in [0.717, 1.165) is 5.56 Å². The maximum atomic E-state index is 13.3. The van der Waals surface area contributed by atoms with Gasteiger partial charge < -0.3 is 35.5 Å². The van der Waals surface area contributed by atoms with Crippen LogP contribution in [0.4, 0.5) is 11.5 Å². The molecule has 5 rings (SSSR count). The number of amides is 2. The van der Waals surface area contributed by atoms with Gasteiger partial charge in [-0.15, -0.1) is 12.4 Å². The van der Waals surface area contributed by atoms with Gasteiger partial charge in [-0.05, 0) is 25.2 Å². The summed E-state index contributed by atoms with van der Waals surface area (Å²) >= 11 is 0. The van der Waals surface area contributed by atoms with Gasteiger partial charge in [-0.2, -0.15) is 0 Å². The zero-order valence-electron chi connectivity index (χ0n) is 21.9. The van der Waals surface area contributed by atoms with E-state index in [0.29, 0.717) is 67.8 Å². The number of carbonyl (C=O) groups excluding carboxylic acids is 2. The van der Waals surface area contributed by atoms with Gasteiger partial charge in [0.1, 0.15) is 12.4 Å². The number of ether oxygens (including phenoxy) is 3. The molecular formula is C27H33ClN6O5. The summed E-state index contributed by atoms with van der Waals surface area (Å²) in [5, 5.41) is 5.97. The predicted molar refractivity (Wildman–Crippen MR) is 150 cm³/mol. The first kappa shape index (κ1) is 29.8. The number of anilines is 2. The minimum atomic E-state index is -0.521. The molecule has 4 bridgehead atoms. The normalized spacial score (nSPS) is 15.2. The van der Waals surface area contributed by atoms with Crippen LogP contribution in [0.2, 0.25) is 0 Å². The monoisotopic (exact) mass is 556 g/mol. The number of nitrogens with one attached hydrogen (secondary N) is 2. The number of carbonyl (C=O) groups is 2. The van der Waals surface area contributed by atoms with E-state index in [1.54, 1.807) is 42.3 Å². The number of para-hydroxylation sites is 1. The molecule has 0 saturated carbocycles. The standard InChI is InChI=1S/C27H32N6O5.ClH/c1-29-16-20-4-3-5-21-24(20)38-15-14-37-13-12-36-11-10-33(2)27(35)19-8-6-18(7-9-19)22-17-30-25(28)23(31-22)26(34)32-21;/h3-9,17,29H,10-16H2,1-2H3,(H2,28,30)(H,32,34);1H. The Morgan fingerprint density at radius 2 is 1.69 bits per heavy atom. The highest BCUT2D eigenvalue weighted by Crippen LogP contribution is 2.30. The van der Waals surface area contributed by atoms with Gasteiger partial charge in [-0.3, -0.25) is 9.59 Å². The number of fused-ring (bicyclic) bond motifs is 13. The highest BCUT2D eigenvalue weighted by Gasteiger charge is 2.19. The van der Waals surface area contributed by atoms with E-state index < -0.39 is 5.91 Å². The first-order valence-corrected chi connectivity index (χ1v) is 12.3. The Morgan fingerprint density at radius 1 is 1.00 bits per heavy atom. The Balaban J connectivity index is 0.00000420. The molecule has 0 aliphatic carbocycles. The molecule has 0 atom stereocenters. The first-order chi connectivity index (χ1) is 18.5. The molecule has 0 unspecified atom stereocenters. The van der Waals surface area contributed by atoms with Gasteiger partial charge in [0.05, 0.1) is 44.0 Å². The van der Waals surface area contributed by atoms with E-state index in [2.05, 4.69) is 20.6 Å². The van der Waals surface area contributed by atoms with Crippen LogP contribution in [-0.2, 0) is 16.0 Å². The summed E-state index contributed by atoms with van der Waals surface area (Å²) in [6, 6.07) is 12.4. The second-order valence-electron chi connectivity index (χ2n) is 8.64. The van der Waals surface area contributed by atoms with Gasteiger partial charge in [0.2, 0.25) is 0 Å². The van der Waals surface area contributed by atoms with Crippen LogP contribution in [0.1, 0.15) is 26.4 Å². The van der Waals surface area contributed by atoms with Crippen LogP contribution < -0.4 is 21.1 Å². The van der Waals surface area contributed by atoms with Crippen molar-refractivity contribution in [3.05, 3.63) is 65.5 Å². The molecular weight excluding hydrogens is 524 g/mol. The molecule has 1 aromatic heterocycles. The number of halogens is 1. The molecule has 2 amide bonds. The zero-order valence-corrected chi connectivity index (χ0v) is 22.8. The summed E-state index contributed by atoms with van der Waals surface area (Å²) < 4.78 is 17.3. The van der Waals surface area contributed by atoms with Gasteiger partial charge in [0.15, 0.2) is 11.5 Å². The lowest BCUT2D eigenvalue weighted by Gasteiger charge is -2.18. The largest absolute Gasteiger partial charge is 0.489 e. The molecule has 0 spiro atoms. The van der Waals surface area contributed by atoms with Gasteiger partial charge in [0.25, 0.3) is 11.8 Å². The number of nitrogen functional groups attached to an aromatic ring is 1. The van der Waals surface area contributed by atoms with Crippen LogP contribution in [0.3, 0.4) is 0 Å². The topological polar surface area (TPSA) is 141 Å². The molecule has 0 fully saturated rings. The average Bonchev–Trinajstić information content (AvgIpc) is 2.92. The minimum absolute atomic E-state index is 0. The van der Waals surface area contributed by atoms with Gasteiger partial charge in [-0.25, -0.2) is 9.97 Å². The van der Waals surface area contributed by atoms with Crippen molar-refractivity contribution in [3.63, 3.8) is 0 Å². The highest BCUT2D eigenvalue weighted by molar-refractivity contribution is 6.06. The second kappa shape index (κ2) is 14.4. The molecule has 4 N–H and O–H groups in total. The lowest BCUT2D eigenvalue weighted by atomic mass is 10.1. The molecule has 0 saturated heterocycles. The van der Waals surface area contributed by atoms with E-state index in [9.17, 15) is 9.59 Å². The number of nitrogens with two attached hydrogens (primary N) is 1. The van der Waals surface area contributed by atoms with Crippen molar-refractivity contribution >= 4 is 35.7 Å². The second-order valence-corrected chi connectivity index (χ2v) is 8.64. The third-order valence-electron chi connectivity index (χ3n) is 5.92. The summed E-state index contributed by atoms with van der Waals surface area (Å²) in [4.78, 5) is 36.3. The number of nitrogens with zero attached hydrogens (tertiary/aromatic N) is 3. The third-order valence-corrected chi connectivity index (χ3v) is 5.92. The molecule has 39 heavy (non-hydrogen) atoms. The predicted octanol–water partition coefficient (Wildman–Crippen LogP) is 2.62. The third kappa shape index (κ3) is 7.64. The molecule has 11 nitrogen and oxygen atoms in total. The fourth-order valence-corrected chi connectivity index (χ4v) is 3.90. The highest BCUT2D eigenvalue weighted by atomic mass is 35.5. The number of aromatic nitrogens is 2. The lowest BCUT2D eigenvalue weighted by Crippen LogP contribution is -2.30. The van der Waals surface area contributed by atoms with Crippen LogP contribution in [0.15, 0.2) is 48.7 Å². The Hall–Kier alpha value is -3.77. The van der Waals surface area contributed by atoms with E-state index in [1.807, 2.05) is 19.2 Å². The number of rotatable bonds is 2. The minimum Gasteiger partial charge on any atom is -0.489 e. The van der Waals surface area contributed by atoms with Gasteiger partial charge >= 0.3 is 0 Å². The molecule has 0 radical (unpaired) electrons. The van der Waals surface area contributed by atoms with Gasteiger partial charge in [0, 0.05) is 36.8 Å². The van der Waals surface area contributed by atoms with E-state index in [4.69, 9.17) is 19.9 Å². The SMILES string of the molecule is CNCc1cccc2c1OCCOCCOCCN(C)C(=O)c1ccc(cc1)-c1cnc(N)c(n1)C(=O)N2.Cl. The summed E-state index contributed by atoms with van der Waals surface area (Å²) in [6.45, 7) is 2.76. The summed E-state index contributed by atoms with van der Waals surface area (Å²) in [5.74, 6) is -0.121. The molecule has 3 heterocycles. The van der Waals surface area contributed by atoms with Crippen LogP contribution in [0.25, 0.3) is 11.3 Å². The van der Waals surface area contributed by atoms with Crippen molar-refractivity contribution in [2.45, 2.75) is 6.54 Å². The van der Waals surface area contributed by atoms with E-state index in [1.165, 1.54) is 6.20 Å². The fraction of sp³-hybridized carbons (Fsp3) is 0.333. The van der Waals surface area contributed by atoms with Crippen molar-refractivity contribution in [2.24, 2.45) is 0 Å². The quantitative estimate of drug-likeness (QED) is 0.406. The number of benzene rings is 2. The Labute approximate surface area is 233 Å². The molecule has 2 aliphatic heterocycles. The van der Waals surface area contributed by atoms with Crippen LogP contribution >= 0.6 is 12.4 Å². The molecule has 2 aromatic carbocycles. The maximum absolute atomic E-state index is 13.3. The van der Waals surface area contributed by atoms with E-state index in [-0.39, 0.29) is 36.4 Å². The summed E-state index contributed by atoms with van der Waals surface area (Å²) in [7, 11) is 3.56. The number of hydrogen-bond donors (Lipinski definition) is 3. The lowest BCUT2D eigenvalue weighted by molar-refractivity contribution is 0.0301. The maximum Gasteiger partial charge on any atom is 0.278 e. The van der Waals surface area contributed by atoms with Crippen molar-refractivity contribution < 1.29 is 23.8 Å². The van der Waals surface area contributed by atoms with Crippen LogP contribution in [0.5, 0.6) is 5.75 Å². The molecule has 3 aromatic rings. The number of likely N-dealkylation sites (N-methyl/N-ethyl adjacent to an activating group) is 1. The Kier molecular flexibility index (Phi) is 11.0. The van der Waals surface area contributed by atoms with Crippen molar-refractivity contribution in [2.75, 3.05) is 64.7 Å². The van der Waals surface area contributed by atoms with Crippen molar-refractivity contribution in [3.8, 4) is 17.0 Å². The molecule has 12 heteroatoms. The summed E-state index contributed by atoms with van der Waals surface area (Å²) in [5.41, 5.74) is 9.03. The van der Waals surface area contributed by atoms with Gasteiger partial charge in [-0.1, -0.05) is 24.3 Å². The Bertz CT molecular complexity index is 1270. The molecule has 208 valence electrons. The fourth-order valence-electron chi connectivity index (χ4n) is 3.90. The smallest absolute Gasteiger partial charge is 0.278 e. The van der Waals surface area contributed by atoms with Crippen LogP contribution in [-0.4, -0.2) is 80.4 Å².